The van der Waals surface area contributed by atoms with Gasteiger partial charge in [-0.2, -0.15) is 0 Å². The number of nitrogens with one attached hydrogen (secondary N) is 2. The smallest absolute Gasteiger partial charge is 0.185 e. The number of aromatic amines is 1. The van der Waals surface area contributed by atoms with Crippen LogP contribution in [0.2, 0.25) is 0 Å². The van der Waals surface area contributed by atoms with Crippen LogP contribution in [0.1, 0.15) is 16.3 Å². The van der Waals surface area contributed by atoms with Gasteiger partial charge < -0.3 is 14.7 Å². The van der Waals surface area contributed by atoms with Gasteiger partial charge in [-0.05, 0) is 12.1 Å². The number of hydrogen-bond acceptors (Lipinski definition) is 6. The molecule has 0 aliphatic carbocycles. The first-order valence-corrected chi connectivity index (χ1v) is 5.28. The average molecular weight is 243 g/mol. The van der Waals surface area contributed by atoms with Gasteiger partial charge in [0.05, 0.1) is 12.9 Å². The van der Waals surface area contributed by atoms with Crippen molar-refractivity contribution in [3.63, 3.8) is 0 Å². The van der Waals surface area contributed by atoms with E-state index in [-0.39, 0.29) is 0 Å². The lowest BCUT2D eigenvalue weighted by Crippen LogP contribution is -2.01. The Kier molecular flexibility index (Phi) is 2.49. The van der Waals surface area contributed by atoms with Crippen molar-refractivity contribution in [3.05, 3.63) is 36.3 Å². The maximum atomic E-state index is 10.5. The van der Waals surface area contributed by atoms with Gasteiger partial charge in [0.2, 0.25) is 0 Å². The average Bonchev–Trinajstić information content (AvgIpc) is 3.05. The van der Waals surface area contributed by atoms with Crippen LogP contribution < -0.4 is 5.32 Å². The van der Waals surface area contributed by atoms with Crippen LogP contribution in [0.25, 0.3) is 11.2 Å². The third kappa shape index (κ3) is 1.81. The molecule has 0 amide bonds. The molecule has 3 aromatic heterocycles. The molecule has 18 heavy (non-hydrogen) atoms. The molecule has 3 aromatic rings. The first-order valence-electron chi connectivity index (χ1n) is 5.28. The Bertz CT molecular complexity index is 687. The molecule has 0 aliphatic rings. The molecule has 3 rings (SSSR count). The summed E-state index contributed by atoms with van der Waals surface area (Å²) < 4.78 is 5.25. The molecular weight excluding hydrogens is 234 g/mol. The van der Waals surface area contributed by atoms with Crippen LogP contribution >= 0.6 is 0 Å². The van der Waals surface area contributed by atoms with Crippen molar-refractivity contribution in [3.8, 4) is 0 Å². The van der Waals surface area contributed by atoms with E-state index in [4.69, 9.17) is 4.42 Å². The molecule has 0 saturated heterocycles. The predicted octanol–water partition coefficient (Wildman–Crippen LogP) is 1.37. The molecule has 0 aliphatic heterocycles. The highest BCUT2D eigenvalue weighted by atomic mass is 16.3. The number of anilines is 1. The Morgan fingerprint density at radius 3 is 3.11 bits per heavy atom. The lowest BCUT2D eigenvalue weighted by atomic mass is 10.4. The molecule has 0 fully saturated rings. The van der Waals surface area contributed by atoms with Crippen LogP contribution in [0.15, 0.2) is 29.2 Å². The van der Waals surface area contributed by atoms with Gasteiger partial charge in [0.15, 0.2) is 23.5 Å². The van der Waals surface area contributed by atoms with E-state index in [9.17, 15) is 4.79 Å². The molecule has 3 heterocycles. The quantitative estimate of drug-likeness (QED) is 0.672. The van der Waals surface area contributed by atoms with Crippen molar-refractivity contribution < 1.29 is 9.21 Å². The maximum Gasteiger partial charge on any atom is 0.185 e. The second kappa shape index (κ2) is 4.28. The summed E-state index contributed by atoms with van der Waals surface area (Å²) in [7, 11) is 0. The normalized spacial score (nSPS) is 10.7. The topological polar surface area (TPSA) is 96.7 Å². The molecule has 2 N–H and O–H groups in total. The Morgan fingerprint density at radius 1 is 1.33 bits per heavy atom. The van der Waals surface area contributed by atoms with Crippen molar-refractivity contribution in [2.45, 2.75) is 6.54 Å². The lowest BCUT2D eigenvalue weighted by Gasteiger charge is -2.03. The molecular formula is C11H9N5O2. The van der Waals surface area contributed by atoms with Gasteiger partial charge >= 0.3 is 0 Å². The molecule has 90 valence electrons. The Balaban J connectivity index is 1.80. The summed E-state index contributed by atoms with van der Waals surface area (Å²) in [5.41, 5.74) is 1.33. The number of fused-ring (bicyclic) bond motifs is 1. The number of carbonyl (C=O) groups excluding carboxylic acids is 1. The van der Waals surface area contributed by atoms with Gasteiger partial charge in [-0.15, -0.1) is 0 Å². The predicted molar refractivity (Wildman–Crippen MR) is 63.1 cm³/mol. The molecule has 0 radical (unpaired) electrons. The van der Waals surface area contributed by atoms with E-state index in [0.717, 1.165) is 5.52 Å². The van der Waals surface area contributed by atoms with E-state index in [1.54, 1.807) is 18.5 Å². The van der Waals surface area contributed by atoms with E-state index in [2.05, 4.69) is 25.3 Å². The largest absolute Gasteiger partial charge is 0.456 e. The summed E-state index contributed by atoms with van der Waals surface area (Å²) in [5.74, 6) is 1.60. The number of carbonyl (C=O) groups is 1. The fraction of sp³-hybridized carbons (Fsp3) is 0.0909. The first kappa shape index (κ1) is 10.5. The van der Waals surface area contributed by atoms with Crippen molar-refractivity contribution in [2.75, 3.05) is 5.32 Å². The summed E-state index contributed by atoms with van der Waals surface area (Å²) >= 11 is 0. The second-order valence-electron chi connectivity index (χ2n) is 3.60. The molecule has 7 heteroatoms. The molecule has 0 spiro atoms. The molecule has 7 nitrogen and oxygen atoms in total. The van der Waals surface area contributed by atoms with E-state index >= 15 is 0 Å². The summed E-state index contributed by atoms with van der Waals surface area (Å²) in [4.78, 5) is 25.6. The van der Waals surface area contributed by atoms with Crippen LogP contribution in [0.5, 0.6) is 0 Å². The Hall–Kier alpha value is -2.70. The van der Waals surface area contributed by atoms with Crippen molar-refractivity contribution >= 4 is 23.3 Å². The molecule has 0 saturated carbocycles. The second-order valence-corrected chi connectivity index (χ2v) is 3.60. The number of imidazole rings is 1. The standard InChI is InChI=1S/C11H9N5O2/c17-4-8-2-1-7(18-8)3-12-10-9-11(14-5-13-9)16-6-15-10/h1-2,4-6H,3H2,(H2,12,13,14,15,16). The fourth-order valence-electron chi connectivity index (χ4n) is 1.62. The highest BCUT2D eigenvalue weighted by Crippen LogP contribution is 2.15. The van der Waals surface area contributed by atoms with E-state index in [1.165, 1.54) is 6.33 Å². The lowest BCUT2D eigenvalue weighted by molar-refractivity contribution is 0.109. The zero-order valence-electron chi connectivity index (χ0n) is 9.25. The van der Waals surface area contributed by atoms with Gasteiger partial charge in [-0.3, -0.25) is 4.79 Å². The SMILES string of the molecule is O=Cc1ccc(CNc2ncnc3nc[nH]c23)o1. The van der Waals surface area contributed by atoms with Crippen molar-refractivity contribution in [1.82, 2.24) is 19.9 Å². The summed E-state index contributed by atoms with van der Waals surface area (Å²) in [6.07, 6.45) is 3.66. The van der Waals surface area contributed by atoms with E-state index in [1.807, 2.05) is 0 Å². The minimum atomic E-state index is 0.307. The number of hydrogen-bond donors (Lipinski definition) is 2. The molecule has 0 unspecified atom stereocenters. The van der Waals surface area contributed by atoms with E-state index < -0.39 is 0 Å². The van der Waals surface area contributed by atoms with Crippen LogP contribution in [-0.2, 0) is 6.54 Å². The van der Waals surface area contributed by atoms with E-state index in [0.29, 0.717) is 35.8 Å². The summed E-state index contributed by atoms with van der Waals surface area (Å²) in [6.45, 7) is 0.430. The Labute approximate surface area is 101 Å². The molecule has 0 bridgehead atoms. The molecule has 0 aromatic carbocycles. The number of furan rings is 1. The Morgan fingerprint density at radius 2 is 2.28 bits per heavy atom. The highest BCUT2D eigenvalue weighted by Gasteiger charge is 2.06. The fourth-order valence-corrected chi connectivity index (χ4v) is 1.62. The number of aldehydes is 1. The van der Waals surface area contributed by atoms with Crippen LogP contribution in [0.3, 0.4) is 0 Å². The zero-order valence-corrected chi connectivity index (χ0v) is 9.25. The summed E-state index contributed by atoms with van der Waals surface area (Å²) in [5, 5.41) is 3.10. The summed E-state index contributed by atoms with van der Waals surface area (Å²) in [6, 6.07) is 3.36. The number of rotatable bonds is 4. The zero-order chi connectivity index (χ0) is 12.4. The number of nitrogens with zero attached hydrogens (tertiary/aromatic N) is 3. The highest BCUT2D eigenvalue weighted by molar-refractivity contribution is 5.81. The number of aromatic nitrogens is 4. The van der Waals surface area contributed by atoms with Gasteiger partial charge in [-0.25, -0.2) is 15.0 Å². The third-order valence-electron chi connectivity index (χ3n) is 2.45. The van der Waals surface area contributed by atoms with Gasteiger partial charge in [0, 0.05) is 0 Å². The minimum Gasteiger partial charge on any atom is -0.456 e. The third-order valence-corrected chi connectivity index (χ3v) is 2.45. The van der Waals surface area contributed by atoms with Gasteiger partial charge in [0.25, 0.3) is 0 Å². The minimum absolute atomic E-state index is 0.307. The van der Waals surface area contributed by atoms with Crippen LogP contribution in [0, 0.1) is 0 Å². The monoisotopic (exact) mass is 243 g/mol. The van der Waals surface area contributed by atoms with Gasteiger partial charge in [0.1, 0.15) is 17.6 Å². The van der Waals surface area contributed by atoms with Crippen molar-refractivity contribution in [2.24, 2.45) is 0 Å². The molecule has 0 atom stereocenters. The van der Waals surface area contributed by atoms with Crippen molar-refractivity contribution in [1.29, 1.82) is 0 Å². The first-order chi connectivity index (χ1) is 8.86. The van der Waals surface area contributed by atoms with Gasteiger partial charge in [-0.1, -0.05) is 0 Å². The maximum absolute atomic E-state index is 10.5. The van der Waals surface area contributed by atoms with Crippen LogP contribution in [-0.4, -0.2) is 26.2 Å². The van der Waals surface area contributed by atoms with Crippen LogP contribution in [0.4, 0.5) is 5.82 Å². The number of H-pyrrole nitrogens is 1.